The van der Waals surface area contributed by atoms with E-state index in [2.05, 4.69) is 25.9 Å². The van der Waals surface area contributed by atoms with Crippen LogP contribution in [0, 0.1) is 0 Å². The van der Waals surface area contributed by atoms with Gasteiger partial charge < -0.3 is 10.7 Å². The van der Waals surface area contributed by atoms with Crippen LogP contribution in [0.1, 0.15) is 25.3 Å². The van der Waals surface area contributed by atoms with Crippen LogP contribution in [-0.4, -0.2) is 9.97 Å². The predicted octanol–water partition coefficient (Wildman–Crippen LogP) is 2.91. The number of nitrogens with one attached hydrogen (secondary N) is 1. The van der Waals surface area contributed by atoms with Crippen LogP contribution in [0.4, 0.5) is 5.82 Å². The molecule has 5 heteroatoms. The third kappa shape index (κ3) is 2.46. The van der Waals surface area contributed by atoms with Gasteiger partial charge in [0.25, 0.3) is 5.56 Å². The second-order valence-corrected chi connectivity index (χ2v) is 5.29. The van der Waals surface area contributed by atoms with Gasteiger partial charge in [-0.2, -0.15) is 0 Å². The molecule has 94 valence electrons. The summed E-state index contributed by atoms with van der Waals surface area (Å²) in [6, 6.07) is 7.53. The number of nitrogens with two attached hydrogens (primary N) is 1. The molecule has 0 fully saturated rings. The lowest BCUT2D eigenvalue weighted by Crippen LogP contribution is -2.19. The van der Waals surface area contributed by atoms with Gasteiger partial charge in [-0.05, 0) is 18.1 Å². The molecule has 2 rings (SSSR count). The van der Waals surface area contributed by atoms with Crippen molar-refractivity contribution in [1.82, 2.24) is 9.97 Å². The summed E-state index contributed by atoms with van der Waals surface area (Å²) in [4.78, 5) is 19.0. The average molecular weight is 308 g/mol. The summed E-state index contributed by atoms with van der Waals surface area (Å²) in [6.07, 6.45) is 0. The molecule has 18 heavy (non-hydrogen) atoms. The average Bonchev–Trinajstić information content (AvgIpc) is 2.28. The first-order valence-electron chi connectivity index (χ1n) is 5.64. The van der Waals surface area contributed by atoms with E-state index in [1.807, 2.05) is 38.1 Å². The highest BCUT2D eigenvalue weighted by molar-refractivity contribution is 9.10. The highest BCUT2D eigenvalue weighted by Gasteiger charge is 2.13. The maximum Gasteiger partial charge on any atom is 0.256 e. The highest BCUT2D eigenvalue weighted by Crippen LogP contribution is 2.21. The molecule has 0 aliphatic rings. The molecule has 0 radical (unpaired) electrons. The third-order valence-corrected chi connectivity index (χ3v) is 3.21. The van der Waals surface area contributed by atoms with Crippen molar-refractivity contribution >= 4 is 21.7 Å². The quantitative estimate of drug-likeness (QED) is 0.896. The summed E-state index contributed by atoms with van der Waals surface area (Å²) < 4.78 is 0.973. The summed E-state index contributed by atoms with van der Waals surface area (Å²) in [6.45, 7) is 3.84. The normalized spacial score (nSPS) is 10.9. The molecule has 0 saturated carbocycles. The number of nitrogen functional groups attached to an aromatic ring is 1. The van der Waals surface area contributed by atoms with Crippen molar-refractivity contribution in [2.75, 3.05) is 5.73 Å². The van der Waals surface area contributed by atoms with Gasteiger partial charge in [0.1, 0.15) is 11.6 Å². The summed E-state index contributed by atoms with van der Waals surface area (Å²) in [5.41, 5.74) is 7.05. The van der Waals surface area contributed by atoms with Crippen LogP contribution in [0.15, 0.2) is 33.5 Å². The standard InChI is InChI=1S/C13H14BrN3O/c1-7(2)10-11(15)16-12(17-13(10)18)8-3-5-9(14)6-4-8/h3-7H,1-2H3,(H3,15,16,17,18). The molecule has 0 aliphatic carbocycles. The van der Waals surface area contributed by atoms with Crippen LogP contribution in [0.25, 0.3) is 11.4 Å². The molecule has 2 aromatic rings. The number of halogens is 1. The van der Waals surface area contributed by atoms with Crippen molar-refractivity contribution in [2.45, 2.75) is 19.8 Å². The second-order valence-electron chi connectivity index (χ2n) is 4.38. The highest BCUT2D eigenvalue weighted by atomic mass is 79.9. The van der Waals surface area contributed by atoms with E-state index in [0.717, 1.165) is 10.0 Å². The van der Waals surface area contributed by atoms with Gasteiger partial charge in [0.15, 0.2) is 0 Å². The van der Waals surface area contributed by atoms with E-state index >= 15 is 0 Å². The van der Waals surface area contributed by atoms with Gasteiger partial charge in [0.2, 0.25) is 0 Å². The number of rotatable bonds is 2. The van der Waals surface area contributed by atoms with Crippen molar-refractivity contribution < 1.29 is 0 Å². The number of aromatic nitrogens is 2. The Labute approximate surface area is 113 Å². The monoisotopic (exact) mass is 307 g/mol. The van der Waals surface area contributed by atoms with E-state index in [0.29, 0.717) is 17.2 Å². The zero-order valence-corrected chi connectivity index (χ0v) is 11.8. The molecule has 0 spiro atoms. The van der Waals surface area contributed by atoms with Gasteiger partial charge in [0, 0.05) is 10.0 Å². The Hall–Kier alpha value is -1.62. The first-order valence-corrected chi connectivity index (χ1v) is 6.44. The van der Waals surface area contributed by atoms with Crippen LogP contribution in [0.5, 0.6) is 0 Å². The fourth-order valence-electron chi connectivity index (χ4n) is 1.80. The first kappa shape index (κ1) is 12.8. The van der Waals surface area contributed by atoms with Gasteiger partial charge in [-0.25, -0.2) is 4.98 Å². The molecule has 1 aromatic heterocycles. The Kier molecular flexibility index (Phi) is 3.52. The van der Waals surface area contributed by atoms with E-state index in [9.17, 15) is 4.79 Å². The molecule has 0 unspecified atom stereocenters. The van der Waals surface area contributed by atoms with Gasteiger partial charge >= 0.3 is 0 Å². The largest absolute Gasteiger partial charge is 0.383 e. The van der Waals surface area contributed by atoms with Gasteiger partial charge in [-0.3, -0.25) is 4.79 Å². The number of nitrogens with zero attached hydrogens (tertiary/aromatic N) is 1. The second kappa shape index (κ2) is 4.94. The van der Waals surface area contributed by atoms with E-state index < -0.39 is 0 Å². The summed E-state index contributed by atoms with van der Waals surface area (Å²) in [5, 5.41) is 0. The lowest BCUT2D eigenvalue weighted by atomic mass is 10.1. The molecular weight excluding hydrogens is 294 g/mol. The van der Waals surface area contributed by atoms with Gasteiger partial charge in [0.05, 0.1) is 5.56 Å². The summed E-state index contributed by atoms with van der Waals surface area (Å²) >= 11 is 3.36. The van der Waals surface area contributed by atoms with Crippen LogP contribution < -0.4 is 11.3 Å². The van der Waals surface area contributed by atoms with Crippen LogP contribution in [0.3, 0.4) is 0 Å². The fraction of sp³-hybridized carbons (Fsp3) is 0.231. The lowest BCUT2D eigenvalue weighted by molar-refractivity contribution is 0.837. The minimum absolute atomic E-state index is 0.0558. The van der Waals surface area contributed by atoms with E-state index in [1.54, 1.807) is 0 Å². The molecular formula is C13H14BrN3O. The van der Waals surface area contributed by atoms with E-state index in [-0.39, 0.29) is 11.5 Å². The van der Waals surface area contributed by atoms with Crippen molar-refractivity contribution in [3.63, 3.8) is 0 Å². The van der Waals surface area contributed by atoms with Gasteiger partial charge in [-0.15, -0.1) is 0 Å². The zero-order valence-electron chi connectivity index (χ0n) is 10.2. The van der Waals surface area contributed by atoms with Crippen molar-refractivity contribution in [3.05, 3.63) is 44.7 Å². The number of benzene rings is 1. The number of anilines is 1. The minimum atomic E-state index is -0.171. The number of aromatic amines is 1. The summed E-state index contributed by atoms with van der Waals surface area (Å²) in [7, 11) is 0. The predicted molar refractivity (Wildman–Crippen MR) is 76.5 cm³/mol. The molecule has 0 saturated heterocycles. The number of hydrogen-bond acceptors (Lipinski definition) is 3. The van der Waals surface area contributed by atoms with Gasteiger partial charge in [-0.1, -0.05) is 41.9 Å². The Balaban J connectivity index is 2.55. The maximum atomic E-state index is 12.0. The summed E-state index contributed by atoms with van der Waals surface area (Å²) in [5.74, 6) is 0.848. The van der Waals surface area contributed by atoms with Crippen molar-refractivity contribution in [1.29, 1.82) is 0 Å². The molecule has 1 aromatic carbocycles. The molecule has 0 atom stereocenters. The fourth-order valence-corrected chi connectivity index (χ4v) is 2.07. The first-order chi connectivity index (χ1) is 8.49. The van der Waals surface area contributed by atoms with E-state index in [4.69, 9.17) is 5.73 Å². The molecule has 3 N–H and O–H groups in total. The topological polar surface area (TPSA) is 71.8 Å². The smallest absolute Gasteiger partial charge is 0.256 e. The Morgan fingerprint density at radius 3 is 2.39 bits per heavy atom. The third-order valence-electron chi connectivity index (χ3n) is 2.68. The number of hydrogen-bond donors (Lipinski definition) is 2. The molecule has 0 bridgehead atoms. The van der Waals surface area contributed by atoms with Crippen LogP contribution in [0.2, 0.25) is 0 Å². The Morgan fingerprint density at radius 1 is 1.28 bits per heavy atom. The lowest BCUT2D eigenvalue weighted by Gasteiger charge is -2.09. The van der Waals surface area contributed by atoms with Crippen LogP contribution in [-0.2, 0) is 0 Å². The maximum absolute atomic E-state index is 12.0. The Bertz CT molecular complexity index is 617. The minimum Gasteiger partial charge on any atom is -0.383 e. The molecule has 0 aliphatic heterocycles. The number of H-pyrrole nitrogens is 1. The Morgan fingerprint density at radius 2 is 1.89 bits per heavy atom. The SMILES string of the molecule is CC(C)c1c(N)nc(-c2ccc(Br)cc2)[nH]c1=O. The van der Waals surface area contributed by atoms with Crippen molar-refractivity contribution in [3.8, 4) is 11.4 Å². The van der Waals surface area contributed by atoms with Crippen LogP contribution >= 0.6 is 15.9 Å². The zero-order chi connectivity index (χ0) is 13.3. The molecule has 0 amide bonds. The molecule has 4 nitrogen and oxygen atoms in total. The van der Waals surface area contributed by atoms with Crippen molar-refractivity contribution in [2.24, 2.45) is 0 Å². The molecule has 1 heterocycles. The van der Waals surface area contributed by atoms with E-state index in [1.165, 1.54) is 0 Å².